The van der Waals surface area contributed by atoms with E-state index < -0.39 is 0 Å². The lowest BCUT2D eigenvalue weighted by Crippen LogP contribution is -2.46. The molecule has 2 aliphatic rings. The number of amides is 1. The van der Waals surface area contributed by atoms with Gasteiger partial charge >= 0.3 is 0 Å². The lowest BCUT2D eigenvalue weighted by molar-refractivity contribution is -0.133. The molecule has 1 aromatic heterocycles. The predicted molar refractivity (Wildman–Crippen MR) is 101 cm³/mol. The number of aromatic nitrogens is 2. The highest BCUT2D eigenvalue weighted by molar-refractivity contribution is 5.82. The van der Waals surface area contributed by atoms with Crippen LogP contribution >= 0.6 is 0 Å². The third kappa shape index (κ3) is 4.01. The summed E-state index contributed by atoms with van der Waals surface area (Å²) in [7, 11) is 0. The summed E-state index contributed by atoms with van der Waals surface area (Å²) in [5.74, 6) is 1.09. The molecule has 27 heavy (non-hydrogen) atoms. The van der Waals surface area contributed by atoms with Crippen LogP contribution in [-0.4, -0.2) is 58.1 Å². The van der Waals surface area contributed by atoms with Crippen LogP contribution in [0.4, 0.5) is 5.95 Å². The number of hydrogen-bond acceptors (Lipinski definition) is 7. The summed E-state index contributed by atoms with van der Waals surface area (Å²) in [5.41, 5.74) is 7.40. The van der Waals surface area contributed by atoms with E-state index in [2.05, 4.69) is 25.7 Å². The summed E-state index contributed by atoms with van der Waals surface area (Å²) in [4.78, 5) is 25.6. The first kappa shape index (κ1) is 17.7. The van der Waals surface area contributed by atoms with Gasteiger partial charge in [-0.2, -0.15) is 0 Å². The summed E-state index contributed by atoms with van der Waals surface area (Å²) >= 11 is 0. The SMILES string of the molecule is O=C(C1CC(c2ccc(O)cc2)NN1)N1CCCN(c2ncccn2)CC1. The molecule has 0 saturated carbocycles. The molecule has 142 valence electrons. The van der Waals surface area contributed by atoms with E-state index in [1.54, 1.807) is 30.6 Å². The van der Waals surface area contributed by atoms with Crippen LogP contribution in [0.5, 0.6) is 5.75 Å². The van der Waals surface area contributed by atoms with Crippen molar-refractivity contribution in [3.63, 3.8) is 0 Å². The second-order valence-corrected chi connectivity index (χ2v) is 6.94. The summed E-state index contributed by atoms with van der Waals surface area (Å²) in [6.07, 6.45) is 5.07. The number of rotatable bonds is 3. The molecule has 0 aliphatic carbocycles. The van der Waals surface area contributed by atoms with Crippen molar-refractivity contribution < 1.29 is 9.90 Å². The highest BCUT2D eigenvalue weighted by atomic mass is 16.3. The number of phenolic OH excluding ortho intramolecular Hbond substituents is 1. The maximum Gasteiger partial charge on any atom is 0.241 e. The Labute approximate surface area is 158 Å². The van der Waals surface area contributed by atoms with Gasteiger partial charge in [0.15, 0.2) is 0 Å². The Morgan fingerprint density at radius 2 is 1.81 bits per heavy atom. The van der Waals surface area contributed by atoms with Gasteiger partial charge in [0.05, 0.1) is 0 Å². The fourth-order valence-corrected chi connectivity index (χ4v) is 3.66. The van der Waals surface area contributed by atoms with E-state index in [0.29, 0.717) is 13.0 Å². The molecule has 0 radical (unpaired) electrons. The zero-order valence-electron chi connectivity index (χ0n) is 15.1. The van der Waals surface area contributed by atoms with Gasteiger partial charge in [-0.05, 0) is 36.6 Å². The summed E-state index contributed by atoms with van der Waals surface area (Å²) in [5, 5.41) is 9.43. The van der Waals surface area contributed by atoms with Gasteiger partial charge in [-0.25, -0.2) is 20.8 Å². The quantitative estimate of drug-likeness (QED) is 0.739. The largest absolute Gasteiger partial charge is 0.508 e. The van der Waals surface area contributed by atoms with Crippen LogP contribution in [0.3, 0.4) is 0 Å². The summed E-state index contributed by atoms with van der Waals surface area (Å²) in [6, 6.07) is 8.71. The average molecular weight is 368 g/mol. The third-order valence-corrected chi connectivity index (χ3v) is 5.14. The molecule has 2 aliphatic heterocycles. The highest BCUT2D eigenvalue weighted by Gasteiger charge is 2.33. The van der Waals surface area contributed by atoms with Gasteiger partial charge in [-0.1, -0.05) is 12.1 Å². The van der Waals surface area contributed by atoms with Crippen LogP contribution in [0.1, 0.15) is 24.4 Å². The van der Waals surface area contributed by atoms with Crippen molar-refractivity contribution in [3.05, 3.63) is 48.3 Å². The van der Waals surface area contributed by atoms with Crippen molar-refractivity contribution in [2.45, 2.75) is 24.9 Å². The number of carbonyl (C=O) groups excluding carboxylic acids is 1. The van der Waals surface area contributed by atoms with E-state index in [1.165, 1.54) is 0 Å². The number of carbonyl (C=O) groups is 1. The first-order valence-corrected chi connectivity index (χ1v) is 9.31. The Hall–Kier alpha value is -2.71. The lowest BCUT2D eigenvalue weighted by Gasteiger charge is -2.24. The van der Waals surface area contributed by atoms with E-state index in [-0.39, 0.29) is 23.7 Å². The fraction of sp³-hybridized carbons (Fsp3) is 0.421. The van der Waals surface area contributed by atoms with Crippen molar-refractivity contribution in [2.24, 2.45) is 0 Å². The molecule has 2 aromatic rings. The number of hydrazine groups is 1. The Morgan fingerprint density at radius 3 is 2.59 bits per heavy atom. The number of phenols is 1. The van der Waals surface area contributed by atoms with Gasteiger partial charge in [0.1, 0.15) is 11.8 Å². The van der Waals surface area contributed by atoms with E-state index in [0.717, 1.165) is 37.6 Å². The molecule has 2 unspecified atom stereocenters. The maximum absolute atomic E-state index is 13.0. The minimum atomic E-state index is -0.247. The molecule has 1 aromatic carbocycles. The Kier molecular flexibility index (Phi) is 5.17. The normalized spacial score (nSPS) is 23.3. The predicted octanol–water partition coefficient (Wildman–Crippen LogP) is 0.829. The summed E-state index contributed by atoms with van der Waals surface area (Å²) < 4.78 is 0. The number of anilines is 1. The minimum Gasteiger partial charge on any atom is -0.508 e. The molecule has 3 N–H and O–H groups in total. The molecule has 0 spiro atoms. The van der Waals surface area contributed by atoms with E-state index in [4.69, 9.17) is 0 Å². The molecular formula is C19H24N6O2. The van der Waals surface area contributed by atoms with Gasteiger partial charge in [-0.3, -0.25) is 4.79 Å². The Morgan fingerprint density at radius 1 is 1.04 bits per heavy atom. The second kappa shape index (κ2) is 7.89. The third-order valence-electron chi connectivity index (χ3n) is 5.14. The topological polar surface area (TPSA) is 93.6 Å². The molecule has 8 heteroatoms. The lowest BCUT2D eigenvalue weighted by atomic mass is 10.0. The van der Waals surface area contributed by atoms with Crippen LogP contribution in [0, 0.1) is 0 Å². The summed E-state index contributed by atoms with van der Waals surface area (Å²) in [6.45, 7) is 2.99. The fourth-order valence-electron chi connectivity index (χ4n) is 3.66. The molecular weight excluding hydrogens is 344 g/mol. The Balaban J connectivity index is 1.35. The zero-order valence-corrected chi connectivity index (χ0v) is 15.1. The number of nitrogens with zero attached hydrogens (tertiary/aromatic N) is 4. The maximum atomic E-state index is 13.0. The molecule has 0 bridgehead atoms. The van der Waals surface area contributed by atoms with E-state index in [1.807, 2.05) is 17.0 Å². The molecule has 4 rings (SSSR count). The van der Waals surface area contributed by atoms with Crippen molar-refractivity contribution in [2.75, 3.05) is 31.1 Å². The molecule has 2 saturated heterocycles. The first-order chi connectivity index (χ1) is 13.2. The number of nitrogens with one attached hydrogen (secondary N) is 2. The van der Waals surface area contributed by atoms with E-state index >= 15 is 0 Å². The number of aromatic hydroxyl groups is 1. The van der Waals surface area contributed by atoms with Gasteiger partial charge in [0.25, 0.3) is 0 Å². The molecule has 2 fully saturated rings. The highest BCUT2D eigenvalue weighted by Crippen LogP contribution is 2.25. The van der Waals surface area contributed by atoms with Crippen LogP contribution in [-0.2, 0) is 4.79 Å². The second-order valence-electron chi connectivity index (χ2n) is 6.94. The van der Waals surface area contributed by atoms with Crippen molar-refractivity contribution in [1.82, 2.24) is 25.7 Å². The standard InChI is InChI=1S/C19H24N6O2/c26-15-5-3-14(4-6-15)16-13-17(23-22-16)18(27)24-9-2-10-25(12-11-24)19-20-7-1-8-21-19/h1,3-8,16-17,22-23,26H,2,9-13H2. The Bertz CT molecular complexity index is 770. The van der Waals surface area contributed by atoms with Crippen LogP contribution in [0.25, 0.3) is 0 Å². The van der Waals surface area contributed by atoms with Crippen LogP contribution in [0.15, 0.2) is 42.7 Å². The average Bonchev–Trinajstić information content (AvgIpc) is 3.06. The van der Waals surface area contributed by atoms with Crippen LogP contribution < -0.4 is 15.8 Å². The van der Waals surface area contributed by atoms with Gasteiger partial charge in [0, 0.05) is 44.6 Å². The number of benzene rings is 1. The molecule has 8 nitrogen and oxygen atoms in total. The van der Waals surface area contributed by atoms with Gasteiger partial charge < -0.3 is 14.9 Å². The molecule has 2 atom stereocenters. The molecule has 3 heterocycles. The number of hydrogen-bond donors (Lipinski definition) is 3. The van der Waals surface area contributed by atoms with Gasteiger partial charge in [-0.15, -0.1) is 0 Å². The zero-order chi connectivity index (χ0) is 18.6. The van der Waals surface area contributed by atoms with Crippen molar-refractivity contribution >= 4 is 11.9 Å². The van der Waals surface area contributed by atoms with Crippen molar-refractivity contribution in [1.29, 1.82) is 0 Å². The van der Waals surface area contributed by atoms with Gasteiger partial charge in [0.2, 0.25) is 11.9 Å². The van der Waals surface area contributed by atoms with E-state index in [9.17, 15) is 9.90 Å². The minimum absolute atomic E-state index is 0.0562. The van der Waals surface area contributed by atoms with Crippen LogP contribution in [0.2, 0.25) is 0 Å². The first-order valence-electron chi connectivity index (χ1n) is 9.31. The van der Waals surface area contributed by atoms with Crippen molar-refractivity contribution in [3.8, 4) is 5.75 Å². The molecule has 1 amide bonds. The monoisotopic (exact) mass is 368 g/mol. The smallest absolute Gasteiger partial charge is 0.241 e.